The zero-order valence-corrected chi connectivity index (χ0v) is 12.9. The maximum absolute atomic E-state index is 12.1. The van der Waals surface area contributed by atoms with Crippen LogP contribution in [0.5, 0.6) is 5.75 Å². The molecule has 0 bridgehead atoms. The molecule has 6 nitrogen and oxygen atoms in total. The first-order chi connectivity index (χ1) is 11.6. The molecule has 0 aliphatic carbocycles. The van der Waals surface area contributed by atoms with Crippen LogP contribution in [0.25, 0.3) is 11.3 Å². The Morgan fingerprint density at radius 1 is 1.04 bits per heavy atom. The molecule has 0 atom stereocenters. The van der Waals surface area contributed by atoms with Crippen molar-refractivity contribution >= 4 is 17.6 Å². The van der Waals surface area contributed by atoms with Gasteiger partial charge in [-0.2, -0.15) is 0 Å². The van der Waals surface area contributed by atoms with Crippen molar-refractivity contribution in [3.63, 3.8) is 0 Å². The number of esters is 1. The summed E-state index contributed by atoms with van der Waals surface area (Å²) in [5.74, 6) is 0.0471. The molecule has 0 aliphatic heterocycles. The van der Waals surface area contributed by atoms with E-state index in [-0.39, 0.29) is 11.6 Å². The van der Waals surface area contributed by atoms with E-state index in [4.69, 9.17) is 9.26 Å². The van der Waals surface area contributed by atoms with Crippen LogP contribution in [-0.4, -0.2) is 17.0 Å². The minimum Gasteiger partial charge on any atom is -0.422 e. The number of amides is 1. The molecule has 6 heteroatoms. The van der Waals surface area contributed by atoms with Gasteiger partial charge in [0.25, 0.3) is 0 Å². The molecule has 120 valence electrons. The zero-order valence-electron chi connectivity index (χ0n) is 12.9. The number of carbonyl (C=O) groups is 2. The van der Waals surface area contributed by atoms with Gasteiger partial charge in [0.2, 0.25) is 5.91 Å². The number of nitrogens with one attached hydrogen (secondary N) is 1. The maximum Gasteiger partial charge on any atom is 0.365 e. The Bertz CT molecular complexity index is 854. The number of hydrogen-bond donors (Lipinski definition) is 1. The lowest BCUT2D eigenvalue weighted by Crippen LogP contribution is -2.09. The monoisotopic (exact) mass is 322 g/mol. The van der Waals surface area contributed by atoms with Gasteiger partial charge in [-0.15, -0.1) is 0 Å². The molecule has 1 heterocycles. The normalized spacial score (nSPS) is 10.2. The summed E-state index contributed by atoms with van der Waals surface area (Å²) >= 11 is 0. The predicted molar refractivity (Wildman–Crippen MR) is 87.6 cm³/mol. The second-order valence-corrected chi connectivity index (χ2v) is 5.04. The number of carbonyl (C=O) groups excluding carboxylic acids is 2. The Kier molecular flexibility index (Phi) is 4.38. The topological polar surface area (TPSA) is 81.4 Å². The van der Waals surface area contributed by atoms with Crippen LogP contribution in [0.1, 0.15) is 17.4 Å². The molecular weight excluding hydrogens is 308 g/mol. The van der Waals surface area contributed by atoms with Gasteiger partial charge >= 0.3 is 5.97 Å². The summed E-state index contributed by atoms with van der Waals surface area (Å²) in [4.78, 5) is 23.1. The number of nitrogens with zero attached hydrogens (tertiary/aromatic N) is 1. The Hall–Kier alpha value is -3.41. The number of aromatic nitrogens is 1. The minimum atomic E-state index is -0.617. The molecule has 3 aromatic rings. The van der Waals surface area contributed by atoms with Gasteiger partial charge < -0.3 is 14.6 Å². The number of hydrogen-bond acceptors (Lipinski definition) is 5. The van der Waals surface area contributed by atoms with Crippen molar-refractivity contribution in [2.45, 2.75) is 6.92 Å². The van der Waals surface area contributed by atoms with E-state index in [0.717, 1.165) is 5.56 Å². The highest BCUT2D eigenvalue weighted by molar-refractivity contribution is 5.90. The van der Waals surface area contributed by atoms with Gasteiger partial charge in [0.15, 0.2) is 11.5 Å². The third-order valence-corrected chi connectivity index (χ3v) is 3.16. The van der Waals surface area contributed by atoms with E-state index in [2.05, 4.69) is 10.5 Å². The summed E-state index contributed by atoms with van der Waals surface area (Å²) < 4.78 is 10.4. The number of ether oxygens (including phenoxy) is 1. The van der Waals surface area contributed by atoms with Gasteiger partial charge in [0, 0.05) is 24.2 Å². The lowest BCUT2D eigenvalue weighted by molar-refractivity contribution is -0.114. The van der Waals surface area contributed by atoms with Gasteiger partial charge in [-0.3, -0.25) is 4.79 Å². The fourth-order valence-electron chi connectivity index (χ4n) is 2.08. The summed E-state index contributed by atoms with van der Waals surface area (Å²) in [5.41, 5.74) is 1.53. The molecule has 1 amide bonds. The maximum atomic E-state index is 12.1. The lowest BCUT2D eigenvalue weighted by Gasteiger charge is -2.04. The van der Waals surface area contributed by atoms with Crippen LogP contribution in [-0.2, 0) is 4.79 Å². The van der Waals surface area contributed by atoms with E-state index in [0.29, 0.717) is 17.2 Å². The van der Waals surface area contributed by atoms with E-state index >= 15 is 0 Å². The standard InChI is InChI=1S/C18H14N2O4/c1-12(21)19-14-7-9-15(10-8-14)23-18(22)16-11-17(24-20-16)13-5-3-2-4-6-13/h2-11H,1H3,(H,19,21). The van der Waals surface area contributed by atoms with E-state index < -0.39 is 5.97 Å². The Morgan fingerprint density at radius 3 is 2.42 bits per heavy atom. The minimum absolute atomic E-state index is 0.0831. The van der Waals surface area contributed by atoms with Crippen LogP contribution >= 0.6 is 0 Å². The molecule has 1 N–H and O–H groups in total. The first-order valence-corrected chi connectivity index (χ1v) is 7.24. The van der Waals surface area contributed by atoms with Gasteiger partial charge in [0.1, 0.15) is 5.75 Å². The average Bonchev–Trinajstić information content (AvgIpc) is 3.07. The Balaban J connectivity index is 1.69. The first kappa shape index (κ1) is 15.5. The number of rotatable bonds is 4. The second kappa shape index (κ2) is 6.78. The van der Waals surface area contributed by atoms with Crippen LogP contribution in [0.2, 0.25) is 0 Å². The van der Waals surface area contributed by atoms with Crippen molar-refractivity contribution in [2.24, 2.45) is 0 Å². The van der Waals surface area contributed by atoms with Crippen LogP contribution in [0.3, 0.4) is 0 Å². The summed E-state index contributed by atoms with van der Waals surface area (Å²) in [6, 6.07) is 17.3. The molecule has 1 aromatic heterocycles. The third kappa shape index (κ3) is 3.67. The lowest BCUT2D eigenvalue weighted by atomic mass is 10.2. The van der Waals surface area contributed by atoms with Crippen molar-refractivity contribution in [1.29, 1.82) is 0 Å². The molecule has 3 rings (SSSR count). The van der Waals surface area contributed by atoms with E-state index in [1.54, 1.807) is 24.3 Å². The summed E-state index contributed by atoms with van der Waals surface area (Å²) in [5, 5.41) is 6.37. The zero-order chi connectivity index (χ0) is 16.9. The molecule has 0 saturated carbocycles. The van der Waals surface area contributed by atoms with Crippen molar-refractivity contribution in [3.8, 4) is 17.1 Å². The Labute approximate surface area is 138 Å². The van der Waals surface area contributed by atoms with Gasteiger partial charge in [0.05, 0.1) is 0 Å². The molecule has 2 aromatic carbocycles. The summed E-state index contributed by atoms with van der Waals surface area (Å²) in [7, 11) is 0. The molecule has 0 saturated heterocycles. The highest BCUT2D eigenvalue weighted by Gasteiger charge is 2.15. The second-order valence-electron chi connectivity index (χ2n) is 5.04. The highest BCUT2D eigenvalue weighted by Crippen LogP contribution is 2.21. The van der Waals surface area contributed by atoms with Crippen molar-refractivity contribution in [1.82, 2.24) is 5.16 Å². The smallest absolute Gasteiger partial charge is 0.365 e. The molecule has 0 spiro atoms. The molecule has 0 aliphatic rings. The molecule has 24 heavy (non-hydrogen) atoms. The first-order valence-electron chi connectivity index (χ1n) is 7.24. The van der Waals surface area contributed by atoms with E-state index in [1.165, 1.54) is 13.0 Å². The number of anilines is 1. The summed E-state index contributed by atoms with van der Waals surface area (Å²) in [6.45, 7) is 1.42. The van der Waals surface area contributed by atoms with Gasteiger partial charge in [-0.1, -0.05) is 35.5 Å². The quantitative estimate of drug-likeness (QED) is 0.587. The van der Waals surface area contributed by atoms with Crippen molar-refractivity contribution in [2.75, 3.05) is 5.32 Å². The molecule has 0 unspecified atom stereocenters. The molecule has 0 radical (unpaired) electrons. The van der Waals surface area contributed by atoms with Crippen molar-refractivity contribution < 1.29 is 18.8 Å². The molecular formula is C18H14N2O4. The summed E-state index contributed by atoms with van der Waals surface area (Å²) in [6.07, 6.45) is 0. The van der Waals surface area contributed by atoms with Crippen LogP contribution in [0, 0.1) is 0 Å². The van der Waals surface area contributed by atoms with Crippen LogP contribution < -0.4 is 10.1 Å². The van der Waals surface area contributed by atoms with E-state index in [1.807, 2.05) is 30.3 Å². The van der Waals surface area contributed by atoms with E-state index in [9.17, 15) is 9.59 Å². The van der Waals surface area contributed by atoms with Crippen LogP contribution in [0.15, 0.2) is 65.2 Å². The Morgan fingerprint density at radius 2 is 1.75 bits per heavy atom. The predicted octanol–water partition coefficient (Wildman–Crippen LogP) is 3.52. The molecule has 0 fully saturated rings. The van der Waals surface area contributed by atoms with Crippen LogP contribution in [0.4, 0.5) is 5.69 Å². The largest absolute Gasteiger partial charge is 0.422 e. The fraction of sp³-hybridized carbons (Fsp3) is 0.0556. The highest BCUT2D eigenvalue weighted by atomic mass is 16.5. The number of benzene rings is 2. The average molecular weight is 322 g/mol. The van der Waals surface area contributed by atoms with Gasteiger partial charge in [-0.05, 0) is 24.3 Å². The van der Waals surface area contributed by atoms with Gasteiger partial charge in [-0.25, -0.2) is 4.79 Å². The fourth-order valence-corrected chi connectivity index (χ4v) is 2.08. The third-order valence-electron chi connectivity index (χ3n) is 3.16. The SMILES string of the molecule is CC(=O)Nc1ccc(OC(=O)c2cc(-c3ccccc3)on2)cc1. The van der Waals surface area contributed by atoms with Crippen molar-refractivity contribution in [3.05, 3.63) is 66.4 Å².